The normalized spacial score (nSPS) is 20.1. The standard InChI is InChI=1S/C9H11BO4/c1-2-14-8-3-4-9(10(12)13)7(5-8)6-11/h3-5,9,12-13H,2H2,1H3. The molecule has 0 amide bonds. The third-order valence-electron chi connectivity index (χ3n) is 1.87. The van der Waals surface area contributed by atoms with E-state index in [0.717, 1.165) is 0 Å². The Bertz CT molecular complexity index is 313. The first-order chi connectivity index (χ1) is 6.69. The van der Waals surface area contributed by atoms with Crippen molar-refractivity contribution in [3.05, 3.63) is 29.6 Å². The van der Waals surface area contributed by atoms with Crippen LogP contribution in [0.25, 0.3) is 0 Å². The molecule has 0 radical (unpaired) electrons. The van der Waals surface area contributed by atoms with Crippen molar-refractivity contribution in [1.29, 1.82) is 0 Å². The zero-order chi connectivity index (χ0) is 10.6. The number of hydrogen-bond donors (Lipinski definition) is 2. The van der Waals surface area contributed by atoms with Crippen LogP contribution in [0.3, 0.4) is 0 Å². The fraction of sp³-hybridized carbons (Fsp3) is 0.333. The largest absolute Gasteiger partial charge is 0.494 e. The molecule has 0 saturated heterocycles. The second-order valence-corrected chi connectivity index (χ2v) is 2.84. The number of allylic oxidation sites excluding steroid dienone is 4. The molecule has 0 saturated carbocycles. The molecule has 0 aliphatic heterocycles. The van der Waals surface area contributed by atoms with Crippen molar-refractivity contribution in [2.24, 2.45) is 0 Å². The van der Waals surface area contributed by atoms with Crippen LogP contribution in [0.4, 0.5) is 0 Å². The van der Waals surface area contributed by atoms with Gasteiger partial charge in [-0.2, -0.15) is 0 Å². The molecule has 1 rings (SSSR count). The van der Waals surface area contributed by atoms with Crippen LogP contribution in [-0.2, 0) is 9.53 Å². The summed E-state index contributed by atoms with van der Waals surface area (Å²) >= 11 is 0. The summed E-state index contributed by atoms with van der Waals surface area (Å²) < 4.78 is 5.15. The number of carbonyl (C=O) groups excluding carboxylic acids is 1. The SMILES string of the molecule is CCOC1=CC(=C=O)C(B(O)O)C=C1. The van der Waals surface area contributed by atoms with Crippen LogP contribution in [0.15, 0.2) is 29.6 Å². The molecular formula is C9H11BO4. The van der Waals surface area contributed by atoms with Crippen molar-refractivity contribution in [3.8, 4) is 0 Å². The minimum Gasteiger partial charge on any atom is -0.494 e. The fourth-order valence-electron chi connectivity index (χ4n) is 1.21. The van der Waals surface area contributed by atoms with E-state index in [1.807, 2.05) is 6.92 Å². The second-order valence-electron chi connectivity index (χ2n) is 2.84. The molecule has 1 aliphatic carbocycles. The second kappa shape index (κ2) is 4.81. The predicted molar refractivity (Wildman–Crippen MR) is 52.0 cm³/mol. The van der Waals surface area contributed by atoms with Gasteiger partial charge in [0.25, 0.3) is 0 Å². The molecule has 1 unspecified atom stereocenters. The molecule has 5 heteroatoms. The first kappa shape index (κ1) is 10.8. The average molecular weight is 194 g/mol. The number of ether oxygens (including phenoxy) is 1. The van der Waals surface area contributed by atoms with Crippen molar-refractivity contribution in [3.63, 3.8) is 0 Å². The Morgan fingerprint density at radius 3 is 2.86 bits per heavy atom. The van der Waals surface area contributed by atoms with Crippen molar-refractivity contribution >= 4 is 13.1 Å². The highest BCUT2D eigenvalue weighted by atomic mass is 16.5. The van der Waals surface area contributed by atoms with E-state index in [1.165, 1.54) is 12.2 Å². The van der Waals surface area contributed by atoms with Gasteiger partial charge in [0, 0.05) is 11.4 Å². The molecule has 0 aromatic carbocycles. The third kappa shape index (κ3) is 2.36. The summed E-state index contributed by atoms with van der Waals surface area (Å²) in [5.74, 6) is 1.48. The van der Waals surface area contributed by atoms with E-state index < -0.39 is 12.9 Å². The van der Waals surface area contributed by atoms with Crippen LogP contribution >= 0.6 is 0 Å². The third-order valence-corrected chi connectivity index (χ3v) is 1.87. The Morgan fingerprint density at radius 2 is 2.36 bits per heavy atom. The maximum absolute atomic E-state index is 10.5. The first-order valence-corrected chi connectivity index (χ1v) is 4.33. The van der Waals surface area contributed by atoms with Gasteiger partial charge in [-0.3, -0.25) is 0 Å². The molecule has 0 spiro atoms. The average Bonchev–Trinajstić information content (AvgIpc) is 2.17. The number of hydrogen-bond acceptors (Lipinski definition) is 4. The molecular weight excluding hydrogens is 183 g/mol. The monoisotopic (exact) mass is 194 g/mol. The lowest BCUT2D eigenvalue weighted by Crippen LogP contribution is -2.21. The molecule has 0 heterocycles. The Balaban J connectivity index is 2.86. The van der Waals surface area contributed by atoms with Crippen molar-refractivity contribution in [1.82, 2.24) is 0 Å². The van der Waals surface area contributed by atoms with Gasteiger partial charge in [-0.1, -0.05) is 6.08 Å². The minimum absolute atomic E-state index is 0.186. The van der Waals surface area contributed by atoms with E-state index in [2.05, 4.69) is 0 Å². The highest BCUT2D eigenvalue weighted by Gasteiger charge is 2.27. The Hall–Kier alpha value is -1.29. The van der Waals surface area contributed by atoms with Gasteiger partial charge in [0.15, 0.2) is 0 Å². The summed E-state index contributed by atoms with van der Waals surface area (Å²) in [6.07, 6.45) is 4.57. The molecule has 1 aliphatic rings. The highest BCUT2D eigenvalue weighted by molar-refractivity contribution is 6.45. The Labute approximate surface area is 82.3 Å². The van der Waals surface area contributed by atoms with Gasteiger partial charge in [-0.05, 0) is 19.1 Å². The van der Waals surface area contributed by atoms with Gasteiger partial charge >= 0.3 is 7.12 Å². The molecule has 0 bridgehead atoms. The Morgan fingerprint density at radius 1 is 1.64 bits per heavy atom. The van der Waals surface area contributed by atoms with E-state index in [1.54, 1.807) is 12.0 Å². The lowest BCUT2D eigenvalue weighted by molar-refractivity contribution is 0.241. The summed E-state index contributed by atoms with van der Waals surface area (Å²) in [6.45, 7) is 2.32. The lowest BCUT2D eigenvalue weighted by atomic mass is 9.67. The smallest absolute Gasteiger partial charge is 0.464 e. The molecule has 4 nitrogen and oxygen atoms in total. The van der Waals surface area contributed by atoms with E-state index in [4.69, 9.17) is 14.8 Å². The summed E-state index contributed by atoms with van der Waals surface area (Å²) in [7, 11) is -1.58. The molecule has 1 atom stereocenters. The van der Waals surface area contributed by atoms with Crippen LogP contribution < -0.4 is 0 Å². The van der Waals surface area contributed by atoms with Crippen molar-refractivity contribution < 1.29 is 19.6 Å². The van der Waals surface area contributed by atoms with Gasteiger partial charge in [-0.15, -0.1) is 0 Å². The first-order valence-electron chi connectivity index (χ1n) is 4.33. The molecule has 0 fully saturated rings. The van der Waals surface area contributed by atoms with Crippen molar-refractivity contribution in [2.45, 2.75) is 12.7 Å². The number of rotatable bonds is 3. The van der Waals surface area contributed by atoms with Crippen LogP contribution in [0.5, 0.6) is 0 Å². The van der Waals surface area contributed by atoms with E-state index in [0.29, 0.717) is 12.4 Å². The Kier molecular flexibility index (Phi) is 3.71. The molecule has 0 aromatic heterocycles. The van der Waals surface area contributed by atoms with Gasteiger partial charge in [0.2, 0.25) is 0 Å². The topological polar surface area (TPSA) is 66.8 Å². The maximum Gasteiger partial charge on any atom is 0.464 e. The lowest BCUT2D eigenvalue weighted by Gasteiger charge is -2.15. The van der Waals surface area contributed by atoms with E-state index >= 15 is 0 Å². The van der Waals surface area contributed by atoms with Crippen LogP contribution in [-0.4, -0.2) is 29.7 Å². The zero-order valence-corrected chi connectivity index (χ0v) is 7.80. The summed E-state index contributed by atoms with van der Waals surface area (Å²) in [6, 6.07) is 0. The summed E-state index contributed by atoms with van der Waals surface area (Å²) in [5.41, 5.74) is 0.186. The predicted octanol–water partition coefficient (Wildman–Crippen LogP) is 0.0776. The minimum atomic E-state index is -1.58. The summed E-state index contributed by atoms with van der Waals surface area (Å²) in [5, 5.41) is 17.9. The van der Waals surface area contributed by atoms with Gasteiger partial charge in [0.05, 0.1) is 6.61 Å². The van der Waals surface area contributed by atoms with Crippen molar-refractivity contribution in [2.75, 3.05) is 6.61 Å². The zero-order valence-electron chi connectivity index (χ0n) is 7.80. The van der Waals surface area contributed by atoms with E-state index in [9.17, 15) is 4.79 Å². The van der Waals surface area contributed by atoms with Gasteiger partial charge in [-0.25, -0.2) is 4.79 Å². The molecule has 74 valence electrons. The maximum atomic E-state index is 10.5. The summed E-state index contributed by atoms with van der Waals surface area (Å²) in [4.78, 5) is 10.5. The fourth-order valence-corrected chi connectivity index (χ4v) is 1.21. The highest BCUT2D eigenvalue weighted by Crippen LogP contribution is 2.26. The molecule has 0 aromatic rings. The quantitative estimate of drug-likeness (QED) is 0.493. The van der Waals surface area contributed by atoms with Crippen LogP contribution in [0.1, 0.15) is 6.92 Å². The van der Waals surface area contributed by atoms with E-state index in [-0.39, 0.29) is 5.57 Å². The van der Waals surface area contributed by atoms with Crippen LogP contribution in [0.2, 0.25) is 5.82 Å². The van der Waals surface area contributed by atoms with Crippen LogP contribution in [0, 0.1) is 0 Å². The van der Waals surface area contributed by atoms with Gasteiger partial charge < -0.3 is 14.8 Å². The van der Waals surface area contributed by atoms with Gasteiger partial charge in [0.1, 0.15) is 11.7 Å². The molecule has 2 N–H and O–H groups in total. The molecule has 14 heavy (non-hydrogen) atoms.